The van der Waals surface area contributed by atoms with Crippen LogP contribution in [0.15, 0.2) is 11.6 Å². The average molecular weight is 336 g/mol. The molecule has 1 saturated heterocycles. The highest BCUT2D eigenvalue weighted by atomic mass is 19.4. The van der Waals surface area contributed by atoms with Gasteiger partial charge in [-0.05, 0) is 26.2 Å². The van der Waals surface area contributed by atoms with E-state index in [0.29, 0.717) is 0 Å². The third kappa shape index (κ3) is 6.01. The Hall–Kier alpha value is -1.90. The molecule has 1 rings (SSSR count). The van der Waals surface area contributed by atoms with Gasteiger partial charge in [0.2, 0.25) is 5.91 Å². The van der Waals surface area contributed by atoms with Gasteiger partial charge in [0.25, 0.3) is 0 Å². The minimum absolute atomic E-state index is 0.176. The summed E-state index contributed by atoms with van der Waals surface area (Å²) in [5, 5.41) is 5.39. The number of rotatable bonds is 4. The Bertz CT molecular complexity index is 513. The van der Waals surface area contributed by atoms with Gasteiger partial charge in [0.15, 0.2) is 0 Å². The van der Waals surface area contributed by atoms with E-state index in [1.54, 1.807) is 0 Å². The molecule has 0 aromatic rings. The fourth-order valence-electron chi connectivity index (χ4n) is 2.35. The molecule has 3 atom stereocenters. The van der Waals surface area contributed by atoms with Gasteiger partial charge < -0.3 is 10.1 Å². The molecule has 0 bridgehead atoms. The molecule has 0 unspecified atom stereocenters. The fraction of sp³-hybridized carbons (Fsp3) is 0.643. The molecular weight excluding hydrogens is 317 g/mol. The number of halogens is 3. The Labute approximate surface area is 131 Å². The lowest BCUT2D eigenvalue weighted by Crippen LogP contribution is -2.44. The van der Waals surface area contributed by atoms with E-state index in [-0.39, 0.29) is 30.8 Å². The highest BCUT2D eigenvalue weighted by molar-refractivity contribution is 5.91. The van der Waals surface area contributed by atoms with Crippen molar-refractivity contribution in [2.45, 2.75) is 45.5 Å². The summed E-state index contributed by atoms with van der Waals surface area (Å²) in [5.41, 5.74) is 0.963. The molecule has 1 aliphatic heterocycles. The minimum Gasteiger partial charge on any atom is -0.385 e. The molecule has 6 nitrogen and oxygen atoms in total. The van der Waals surface area contributed by atoms with Gasteiger partial charge in [0.1, 0.15) is 6.04 Å². The quantitative estimate of drug-likeness (QED) is 0.456. The Balaban J connectivity index is 2.74. The molecule has 1 amide bonds. The van der Waals surface area contributed by atoms with Gasteiger partial charge >= 0.3 is 18.1 Å². The molecule has 1 aliphatic rings. The van der Waals surface area contributed by atoms with E-state index >= 15 is 0 Å². The van der Waals surface area contributed by atoms with Crippen molar-refractivity contribution in [1.29, 1.82) is 0 Å². The van der Waals surface area contributed by atoms with Crippen molar-refractivity contribution >= 4 is 17.8 Å². The van der Waals surface area contributed by atoms with Crippen molar-refractivity contribution in [2.75, 3.05) is 6.54 Å². The van der Waals surface area contributed by atoms with Gasteiger partial charge in [-0.1, -0.05) is 11.6 Å². The van der Waals surface area contributed by atoms with Crippen molar-refractivity contribution in [2.24, 2.45) is 5.92 Å². The molecule has 23 heavy (non-hydrogen) atoms. The Morgan fingerprint density at radius 2 is 1.87 bits per heavy atom. The SMILES string of the molecule is CC(=O)NC[C@@H]1N[C@@H](C(=O)OC(=O)C(F)(F)F)C[C@@H]1C=C(C)C. The molecule has 0 radical (unpaired) electrons. The first-order valence-corrected chi connectivity index (χ1v) is 6.99. The van der Waals surface area contributed by atoms with E-state index in [2.05, 4.69) is 15.4 Å². The maximum Gasteiger partial charge on any atom is 0.491 e. The standard InChI is InChI=1S/C14H19F3N2O4/c1-7(2)4-9-5-10(19-11(9)6-18-8(3)20)12(21)23-13(22)14(15,16)17/h4,9-11,19H,5-6H2,1-3H3,(H,18,20)/t9-,10+,11-/m0/s1. The van der Waals surface area contributed by atoms with E-state index in [9.17, 15) is 27.6 Å². The topological polar surface area (TPSA) is 84.5 Å². The highest BCUT2D eigenvalue weighted by Gasteiger charge is 2.45. The summed E-state index contributed by atoms with van der Waals surface area (Å²) < 4.78 is 40.2. The average Bonchev–Trinajstić information content (AvgIpc) is 2.77. The van der Waals surface area contributed by atoms with Gasteiger partial charge in [-0.25, -0.2) is 9.59 Å². The summed E-state index contributed by atoms with van der Waals surface area (Å²) in [4.78, 5) is 33.4. The van der Waals surface area contributed by atoms with E-state index in [1.807, 2.05) is 19.9 Å². The lowest BCUT2D eigenvalue weighted by atomic mass is 9.96. The van der Waals surface area contributed by atoms with Crippen LogP contribution in [0.5, 0.6) is 0 Å². The van der Waals surface area contributed by atoms with Crippen LogP contribution in [0.3, 0.4) is 0 Å². The van der Waals surface area contributed by atoms with Gasteiger partial charge in [-0.15, -0.1) is 0 Å². The second kappa shape index (κ2) is 7.58. The van der Waals surface area contributed by atoms with Crippen molar-refractivity contribution < 1.29 is 32.3 Å². The van der Waals surface area contributed by atoms with Crippen LogP contribution in [0.25, 0.3) is 0 Å². The van der Waals surface area contributed by atoms with Crippen LogP contribution in [-0.2, 0) is 19.1 Å². The Morgan fingerprint density at radius 1 is 1.26 bits per heavy atom. The van der Waals surface area contributed by atoms with E-state index in [0.717, 1.165) is 5.57 Å². The van der Waals surface area contributed by atoms with Gasteiger partial charge in [0.05, 0.1) is 0 Å². The molecule has 9 heteroatoms. The number of hydrogen-bond acceptors (Lipinski definition) is 5. The second-order valence-electron chi connectivity index (χ2n) is 5.61. The second-order valence-corrected chi connectivity index (χ2v) is 5.61. The number of nitrogens with one attached hydrogen (secondary N) is 2. The Kier molecular flexibility index (Phi) is 6.31. The third-order valence-electron chi connectivity index (χ3n) is 3.27. The van der Waals surface area contributed by atoms with Crippen LogP contribution >= 0.6 is 0 Å². The first-order chi connectivity index (χ1) is 10.5. The summed E-state index contributed by atoms with van der Waals surface area (Å²) >= 11 is 0. The summed E-state index contributed by atoms with van der Waals surface area (Å²) in [6, 6.07) is -1.38. The first-order valence-electron chi connectivity index (χ1n) is 6.99. The first kappa shape index (κ1) is 19.1. The molecule has 1 fully saturated rings. The number of hydrogen-bond donors (Lipinski definition) is 2. The number of alkyl halides is 3. The van der Waals surface area contributed by atoms with Crippen LogP contribution < -0.4 is 10.6 Å². The van der Waals surface area contributed by atoms with Crippen molar-refractivity contribution in [1.82, 2.24) is 10.6 Å². The maximum absolute atomic E-state index is 12.1. The summed E-state index contributed by atoms with van der Waals surface area (Å²) in [6.07, 6.45) is -3.18. The zero-order chi connectivity index (χ0) is 17.8. The Morgan fingerprint density at radius 3 is 2.35 bits per heavy atom. The predicted octanol–water partition coefficient (Wildman–Crippen LogP) is 1.07. The molecule has 0 aromatic heterocycles. The number of carbonyl (C=O) groups is 3. The number of carbonyl (C=O) groups excluding carboxylic acids is 3. The van der Waals surface area contributed by atoms with Gasteiger partial charge in [0, 0.05) is 19.5 Å². The predicted molar refractivity (Wildman–Crippen MR) is 74.1 cm³/mol. The molecule has 0 spiro atoms. The molecule has 2 N–H and O–H groups in total. The van der Waals surface area contributed by atoms with E-state index < -0.39 is 24.2 Å². The minimum atomic E-state index is -5.22. The van der Waals surface area contributed by atoms with Crippen LogP contribution in [0.4, 0.5) is 13.2 Å². The third-order valence-corrected chi connectivity index (χ3v) is 3.27. The van der Waals surface area contributed by atoms with Crippen LogP contribution in [0, 0.1) is 5.92 Å². The van der Waals surface area contributed by atoms with Crippen LogP contribution in [-0.4, -0.2) is 42.7 Å². The smallest absolute Gasteiger partial charge is 0.385 e. The number of ether oxygens (including phenoxy) is 1. The molecule has 130 valence electrons. The van der Waals surface area contributed by atoms with Gasteiger partial charge in [-0.3, -0.25) is 10.1 Å². The zero-order valence-electron chi connectivity index (χ0n) is 13.0. The normalized spacial score (nSPS) is 24.0. The summed E-state index contributed by atoms with van der Waals surface area (Å²) in [6.45, 7) is 5.22. The van der Waals surface area contributed by atoms with Crippen LogP contribution in [0.1, 0.15) is 27.2 Å². The summed E-state index contributed by atoms with van der Waals surface area (Å²) in [7, 11) is 0. The number of allylic oxidation sites excluding steroid dienone is 1. The van der Waals surface area contributed by atoms with Crippen molar-refractivity contribution in [3.05, 3.63) is 11.6 Å². The molecule has 0 aliphatic carbocycles. The fourth-order valence-corrected chi connectivity index (χ4v) is 2.35. The van der Waals surface area contributed by atoms with E-state index in [4.69, 9.17) is 0 Å². The highest BCUT2D eigenvalue weighted by Crippen LogP contribution is 2.25. The molecule has 0 aromatic carbocycles. The van der Waals surface area contributed by atoms with Crippen molar-refractivity contribution in [3.8, 4) is 0 Å². The van der Waals surface area contributed by atoms with Crippen LogP contribution in [0.2, 0.25) is 0 Å². The molecule has 1 heterocycles. The molecule has 0 saturated carbocycles. The molecular formula is C14H19F3N2O4. The van der Waals surface area contributed by atoms with E-state index in [1.165, 1.54) is 6.92 Å². The largest absolute Gasteiger partial charge is 0.491 e. The lowest BCUT2D eigenvalue weighted by molar-refractivity contribution is -0.202. The zero-order valence-corrected chi connectivity index (χ0v) is 13.0. The summed E-state index contributed by atoms with van der Waals surface area (Å²) in [5.74, 6) is -4.25. The number of esters is 2. The van der Waals surface area contributed by atoms with Crippen molar-refractivity contribution in [3.63, 3.8) is 0 Å². The monoisotopic (exact) mass is 336 g/mol. The maximum atomic E-state index is 12.1. The lowest BCUT2D eigenvalue weighted by Gasteiger charge is -2.17. The van der Waals surface area contributed by atoms with Gasteiger partial charge in [-0.2, -0.15) is 13.2 Å². The number of amides is 1.